The summed E-state index contributed by atoms with van der Waals surface area (Å²) in [6.07, 6.45) is 0. The predicted octanol–water partition coefficient (Wildman–Crippen LogP) is -2.80. The van der Waals surface area contributed by atoms with Crippen LogP contribution in [0.4, 0.5) is 0 Å². The fourth-order valence-electron chi connectivity index (χ4n) is 0.978. The van der Waals surface area contributed by atoms with Gasteiger partial charge in [0.15, 0.2) is 28.8 Å². The Labute approximate surface area is 143 Å². The van der Waals surface area contributed by atoms with Gasteiger partial charge >= 0.3 is 17.1 Å². The molecule has 0 aliphatic rings. The van der Waals surface area contributed by atoms with Crippen LogP contribution in [0.5, 0.6) is 0 Å². The molecule has 4 N–H and O–H groups in total. The average Bonchev–Trinajstić information content (AvgIpc) is 3.07. The van der Waals surface area contributed by atoms with E-state index in [1.165, 1.54) is 0 Å². The van der Waals surface area contributed by atoms with Crippen molar-refractivity contribution in [2.45, 2.75) is 0 Å². The van der Waals surface area contributed by atoms with Crippen molar-refractivity contribution in [3.8, 4) is 0 Å². The van der Waals surface area contributed by atoms with Gasteiger partial charge < -0.3 is 43.7 Å². The van der Waals surface area contributed by atoms with Crippen molar-refractivity contribution in [2.75, 3.05) is 13.2 Å². The topological polar surface area (TPSA) is 184 Å². The molecule has 9 nitrogen and oxygen atoms in total. The minimum absolute atomic E-state index is 0. The third kappa shape index (κ3) is 10.9. The molecule has 11 heteroatoms. The van der Waals surface area contributed by atoms with E-state index in [1.54, 1.807) is 0 Å². The molecule has 0 amide bonds. The van der Waals surface area contributed by atoms with Crippen LogP contribution >= 0.6 is 8.60 Å². The van der Waals surface area contributed by atoms with Gasteiger partial charge in [0.25, 0.3) is 0 Å². The van der Waals surface area contributed by atoms with Crippen LogP contribution in [-0.4, -0.2) is 45.5 Å². The van der Waals surface area contributed by atoms with E-state index in [0.29, 0.717) is 0 Å². The van der Waals surface area contributed by atoms with Crippen molar-refractivity contribution >= 4 is 20.5 Å². The zero-order chi connectivity index (χ0) is 17.6. The Bertz CT molecular complexity index is 441. The second-order valence-corrected chi connectivity index (χ2v) is 3.93. The average molecular weight is 387 g/mol. The van der Waals surface area contributed by atoms with Crippen LogP contribution in [0.3, 0.4) is 0 Å². The van der Waals surface area contributed by atoms with Crippen LogP contribution in [-0.2, 0) is 26.7 Å². The molecule has 0 bridgehead atoms. The number of hydrogen-bond donors (Lipinski definition) is 4. The number of aliphatic hydroxyl groups excluding tert-OH is 4. The fraction of sp³-hybridized carbons (Fsp3) is 0.250. The van der Waals surface area contributed by atoms with Crippen LogP contribution in [0, 0.1) is 5.41 Å². The van der Waals surface area contributed by atoms with Crippen molar-refractivity contribution < 1.29 is 61.8 Å². The van der Waals surface area contributed by atoms with E-state index in [2.05, 4.69) is 0 Å². The predicted molar refractivity (Wildman–Crippen MR) is 69.2 cm³/mol. The van der Waals surface area contributed by atoms with Gasteiger partial charge in [0, 0.05) is 0 Å². The molecular formula is C12H13MnO9P-. The van der Waals surface area contributed by atoms with Crippen molar-refractivity contribution in [3.05, 3.63) is 41.9 Å². The van der Waals surface area contributed by atoms with E-state index in [0.717, 1.165) is 11.9 Å². The van der Waals surface area contributed by atoms with Gasteiger partial charge in [-0.1, -0.05) is 0 Å². The zero-order valence-electron chi connectivity index (χ0n) is 11.5. The normalized spacial score (nSPS) is 8.96. The van der Waals surface area contributed by atoms with Crippen molar-refractivity contribution in [1.82, 2.24) is 0 Å². The molecule has 1 aromatic carbocycles. The Morgan fingerprint density at radius 1 is 1.00 bits per heavy atom. The third-order valence-corrected chi connectivity index (χ3v) is 2.20. The molecule has 1 aromatic rings. The van der Waals surface area contributed by atoms with Gasteiger partial charge in [0.1, 0.15) is 0 Å². The van der Waals surface area contributed by atoms with Gasteiger partial charge in [-0.25, -0.2) is 21.7 Å². The summed E-state index contributed by atoms with van der Waals surface area (Å²) in [5.74, 6) is -0.378. The summed E-state index contributed by atoms with van der Waals surface area (Å²) in [5.41, 5.74) is -2.19. The summed E-state index contributed by atoms with van der Waals surface area (Å²) in [7, 11) is -3.37. The minimum Gasteiger partial charge on any atom is -0.854 e. The van der Waals surface area contributed by atoms with E-state index in [-0.39, 0.29) is 17.1 Å². The summed E-state index contributed by atoms with van der Waals surface area (Å²) < 4.78 is 0. The summed E-state index contributed by atoms with van der Waals surface area (Å²) >= 11 is 0. The van der Waals surface area contributed by atoms with Crippen LogP contribution < -0.4 is 14.7 Å². The summed E-state index contributed by atoms with van der Waals surface area (Å²) in [4.78, 5) is 45.4. The minimum atomic E-state index is -3.37. The van der Waals surface area contributed by atoms with Gasteiger partial charge in [-0.05, 0) is 0 Å². The number of hydrogen-bond acceptors (Lipinski definition) is 9. The molecule has 128 valence electrons. The number of carbonyl (C=O) groups excluding carboxylic acids is 2. The standard InChI is InChI=1S/C7H8O6.C5H5.Mn.O3P/c8-1-5(12)7(3-10,4-11)6(13)2-9;1-2-4-5-3-1;;1-4(2)3/h10-13H,3-4H2;1-5H;;/q;-1;+3;-3. The van der Waals surface area contributed by atoms with Crippen molar-refractivity contribution in [3.63, 3.8) is 0 Å². The third-order valence-electron chi connectivity index (χ3n) is 2.20. The summed E-state index contributed by atoms with van der Waals surface area (Å²) in [6, 6.07) is 10.0. The summed E-state index contributed by atoms with van der Waals surface area (Å²) in [5, 5.41) is 35.2. The maximum Gasteiger partial charge on any atom is 3.00 e. The Kier molecular flexibility index (Phi) is 17.8. The first-order valence-electron chi connectivity index (χ1n) is 5.41. The molecule has 0 aliphatic carbocycles. The maximum absolute atomic E-state index is 10.0. The van der Waals surface area contributed by atoms with Crippen LogP contribution in [0.2, 0.25) is 0 Å². The molecule has 0 unspecified atom stereocenters. The molecule has 0 spiro atoms. The smallest absolute Gasteiger partial charge is 0.854 e. The summed E-state index contributed by atoms with van der Waals surface area (Å²) in [6.45, 7) is -2.02. The van der Waals surface area contributed by atoms with E-state index in [9.17, 15) is 9.59 Å². The Morgan fingerprint density at radius 2 is 1.30 bits per heavy atom. The van der Waals surface area contributed by atoms with Crippen LogP contribution in [0.1, 0.15) is 0 Å². The first kappa shape index (κ1) is 26.5. The molecule has 0 saturated carbocycles. The quantitative estimate of drug-likeness (QED) is 0.139. The van der Waals surface area contributed by atoms with Gasteiger partial charge in [-0.3, -0.25) is 0 Å². The molecule has 1 rings (SSSR count). The van der Waals surface area contributed by atoms with E-state index >= 15 is 0 Å². The monoisotopic (exact) mass is 387 g/mol. The second-order valence-electron chi connectivity index (χ2n) is 3.49. The largest absolute Gasteiger partial charge is 3.00 e. The number of aliphatic hydroxyl groups is 4. The maximum atomic E-state index is 10.0. The zero-order valence-corrected chi connectivity index (χ0v) is 13.5. The van der Waals surface area contributed by atoms with E-state index < -0.39 is 38.7 Å². The Hall–Kier alpha value is -1.40. The molecule has 23 heavy (non-hydrogen) atoms. The SMILES string of the molecule is O=C=C(O)C(CO)(CO)C(O)=C=O.[Mn+3].[O-]P([O-])[O-].c1cc[cH-]c1. The molecule has 0 aromatic heterocycles. The molecular weight excluding hydrogens is 374 g/mol. The first-order chi connectivity index (χ1) is 10.3. The van der Waals surface area contributed by atoms with Crippen LogP contribution in [0.15, 0.2) is 41.9 Å². The van der Waals surface area contributed by atoms with Gasteiger partial charge in [-0.2, -0.15) is 18.2 Å². The van der Waals surface area contributed by atoms with Gasteiger partial charge in [-0.15, -0.1) is 0 Å². The molecule has 0 saturated heterocycles. The van der Waals surface area contributed by atoms with E-state index in [4.69, 9.17) is 35.1 Å². The molecule has 0 heterocycles. The van der Waals surface area contributed by atoms with Crippen LogP contribution in [0.25, 0.3) is 0 Å². The molecule has 0 radical (unpaired) electrons. The van der Waals surface area contributed by atoms with Crippen molar-refractivity contribution in [1.29, 1.82) is 0 Å². The molecule has 0 aliphatic heterocycles. The van der Waals surface area contributed by atoms with Gasteiger partial charge in [0.05, 0.1) is 13.2 Å². The first-order valence-corrected chi connectivity index (χ1v) is 6.50. The van der Waals surface area contributed by atoms with Crippen molar-refractivity contribution in [2.24, 2.45) is 5.41 Å². The second kappa shape index (κ2) is 15.5. The fourth-order valence-corrected chi connectivity index (χ4v) is 0.978. The molecule has 0 fully saturated rings. The van der Waals surface area contributed by atoms with Gasteiger partial charge in [0.2, 0.25) is 0 Å². The Balaban J connectivity index is -0.000000327. The number of rotatable bonds is 4. The van der Waals surface area contributed by atoms with E-state index in [1.807, 2.05) is 30.3 Å². The Morgan fingerprint density at radius 3 is 1.43 bits per heavy atom. The molecule has 0 atom stereocenters.